The van der Waals surface area contributed by atoms with Gasteiger partial charge in [-0.25, -0.2) is 4.90 Å². The maximum absolute atomic E-state index is 13.5. The third-order valence-electron chi connectivity index (χ3n) is 5.41. The molecular formula is C21H16N2O5S2. The summed E-state index contributed by atoms with van der Waals surface area (Å²) < 4.78 is 5.16. The molecule has 2 N–H and O–H groups in total. The zero-order valence-electron chi connectivity index (χ0n) is 15.7. The highest BCUT2D eigenvalue weighted by molar-refractivity contribution is 8.00. The van der Waals surface area contributed by atoms with Gasteiger partial charge in [-0.2, -0.15) is 0 Å². The fourth-order valence-electron chi connectivity index (χ4n) is 4.04. The smallest absolute Gasteiger partial charge is 0.305 e. The maximum Gasteiger partial charge on any atom is 0.305 e. The number of phenolic OH excluding ortho intramolecular Hbond substituents is 1. The van der Waals surface area contributed by atoms with Gasteiger partial charge in [-0.1, -0.05) is 35.2 Å². The van der Waals surface area contributed by atoms with Crippen LogP contribution >= 0.6 is 23.1 Å². The van der Waals surface area contributed by atoms with Crippen LogP contribution in [0.15, 0.2) is 58.4 Å². The molecule has 5 rings (SSSR count). The number of ether oxygens (including phenoxy) is 1. The summed E-state index contributed by atoms with van der Waals surface area (Å²) in [5, 5.41) is 9.66. The predicted octanol–water partition coefficient (Wildman–Crippen LogP) is 2.95. The Bertz CT molecular complexity index is 1200. The largest absolute Gasteiger partial charge is 0.508 e. The van der Waals surface area contributed by atoms with Crippen LogP contribution in [-0.4, -0.2) is 34.3 Å². The van der Waals surface area contributed by atoms with Gasteiger partial charge in [0.1, 0.15) is 16.7 Å². The van der Waals surface area contributed by atoms with Crippen molar-refractivity contribution in [1.82, 2.24) is 4.98 Å². The van der Waals surface area contributed by atoms with Crippen molar-refractivity contribution in [3.05, 3.63) is 68.6 Å². The minimum Gasteiger partial charge on any atom is -0.508 e. The minimum absolute atomic E-state index is 0.108. The molecule has 0 radical (unpaired) electrons. The molecule has 0 aliphatic carbocycles. The van der Waals surface area contributed by atoms with Crippen LogP contribution in [0.1, 0.15) is 16.4 Å². The first-order valence-corrected chi connectivity index (χ1v) is 10.9. The van der Waals surface area contributed by atoms with Crippen LogP contribution in [0.3, 0.4) is 0 Å². The van der Waals surface area contributed by atoms with Crippen LogP contribution in [0.4, 0.5) is 5.69 Å². The number of nitrogens with zero attached hydrogens (tertiary/aromatic N) is 1. The molecule has 152 valence electrons. The second-order valence-electron chi connectivity index (χ2n) is 7.05. The number of methoxy groups -OCH3 is 1. The van der Waals surface area contributed by atoms with Gasteiger partial charge in [-0.3, -0.25) is 14.4 Å². The first kappa shape index (κ1) is 19.0. The van der Waals surface area contributed by atoms with E-state index in [-0.39, 0.29) is 22.4 Å². The molecule has 1 aromatic heterocycles. The molecule has 3 atom stereocenters. The van der Waals surface area contributed by atoms with Crippen molar-refractivity contribution in [2.45, 2.75) is 16.2 Å². The molecule has 2 unspecified atom stereocenters. The number of anilines is 1. The molecule has 2 aliphatic rings. The van der Waals surface area contributed by atoms with E-state index >= 15 is 0 Å². The highest BCUT2D eigenvalue weighted by Crippen LogP contribution is 2.53. The Morgan fingerprint density at radius 2 is 1.70 bits per heavy atom. The summed E-state index contributed by atoms with van der Waals surface area (Å²) in [6, 6.07) is 13.3. The maximum atomic E-state index is 13.5. The quantitative estimate of drug-likeness (QED) is 0.608. The van der Waals surface area contributed by atoms with Crippen LogP contribution < -0.4 is 14.5 Å². The van der Waals surface area contributed by atoms with Crippen molar-refractivity contribution < 1.29 is 19.4 Å². The first-order valence-electron chi connectivity index (χ1n) is 9.18. The van der Waals surface area contributed by atoms with E-state index in [1.165, 1.54) is 16.7 Å². The molecule has 0 saturated carbocycles. The Balaban J connectivity index is 1.62. The lowest BCUT2D eigenvalue weighted by molar-refractivity contribution is -0.122. The van der Waals surface area contributed by atoms with E-state index in [1.54, 1.807) is 55.6 Å². The number of thioether (sulfide) groups is 1. The highest BCUT2D eigenvalue weighted by Gasteiger charge is 2.56. The van der Waals surface area contributed by atoms with Crippen LogP contribution in [-0.2, 0) is 9.59 Å². The molecule has 3 heterocycles. The Labute approximate surface area is 179 Å². The molecule has 2 aliphatic heterocycles. The lowest BCUT2D eigenvalue weighted by Crippen LogP contribution is -2.32. The lowest BCUT2D eigenvalue weighted by atomic mass is 9.83. The molecule has 30 heavy (non-hydrogen) atoms. The number of carbonyl (C=O) groups excluding carboxylic acids is 2. The fourth-order valence-corrected chi connectivity index (χ4v) is 6.56. The second-order valence-corrected chi connectivity index (χ2v) is 9.22. The summed E-state index contributed by atoms with van der Waals surface area (Å²) in [6.45, 7) is 0. The number of rotatable bonds is 3. The van der Waals surface area contributed by atoms with Gasteiger partial charge < -0.3 is 14.8 Å². The summed E-state index contributed by atoms with van der Waals surface area (Å²) in [4.78, 5) is 43.4. The molecule has 0 bridgehead atoms. The van der Waals surface area contributed by atoms with E-state index in [0.717, 1.165) is 21.8 Å². The number of fused-ring (bicyclic) bond motifs is 2. The van der Waals surface area contributed by atoms with Gasteiger partial charge in [0.2, 0.25) is 11.8 Å². The van der Waals surface area contributed by atoms with Gasteiger partial charge in [0.25, 0.3) is 0 Å². The Morgan fingerprint density at radius 1 is 1.00 bits per heavy atom. The summed E-state index contributed by atoms with van der Waals surface area (Å²) in [5.41, 5.74) is 1.26. The molecular weight excluding hydrogens is 424 g/mol. The number of hydrogen-bond acceptors (Lipinski definition) is 7. The van der Waals surface area contributed by atoms with Crippen molar-refractivity contribution in [2.24, 2.45) is 5.92 Å². The zero-order chi connectivity index (χ0) is 21.0. The number of amides is 2. The Morgan fingerprint density at radius 3 is 2.37 bits per heavy atom. The summed E-state index contributed by atoms with van der Waals surface area (Å²) in [7, 11) is 1.55. The van der Waals surface area contributed by atoms with Gasteiger partial charge in [-0.05, 0) is 42.0 Å². The molecule has 7 nitrogen and oxygen atoms in total. The Hall–Kier alpha value is -3.04. The topological polar surface area (TPSA) is 99.7 Å². The number of benzene rings is 2. The van der Waals surface area contributed by atoms with E-state index in [1.807, 2.05) is 0 Å². The summed E-state index contributed by atoms with van der Waals surface area (Å²) in [6.07, 6.45) is 0. The van der Waals surface area contributed by atoms with Gasteiger partial charge in [0.05, 0.1) is 23.7 Å². The van der Waals surface area contributed by atoms with Crippen LogP contribution in [0.5, 0.6) is 11.5 Å². The molecule has 0 spiro atoms. The monoisotopic (exact) mass is 440 g/mol. The van der Waals surface area contributed by atoms with Crippen LogP contribution in [0.25, 0.3) is 0 Å². The van der Waals surface area contributed by atoms with Gasteiger partial charge in [0.15, 0.2) is 0 Å². The molecule has 1 fully saturated rings. The molecule has 3 aromatic rings. The van der Waals surface area contributed by atoms with Crippen molar-refractivity contribution >= 4 is 40.6 Å². The number of phenols is 1. The average Bonchev–Trinajstić information content (AvgIpc) is 3.24. The number of thiazole rings is 1. The van der Waals surface area contributed by atoms with Gasteiger partial charge in [-0.15, -0.1) is 0 Å². The standard InChI is InChI=1S/C21H16N2O5S2/c1-28-13-8-4-11(5-9-13)23-19(25)15-14(10-2-6-12(24)7-3-10)16-18(22-21(27)30-16)29-17(15)20(23)26/h2-9,14-15,17,24H,1H3,(H,22,27)/t14-,15?,17?/m1/s1. The number of aromatic nitrogens is 1. The fraction of sp³-hybridized carbons (Fsp3) is 0.190. The Kier molecular flexibility index (Phi) is 4.44. The van der Waals surface area contributed by atoms with Crippen LogP contribution in [0.2, 0.25) is 0 Å². The van der Waals surface area contributed by atoms with Crippen molar-refractivity contribution in [2.75, 3.05) is 12.0 Å². The third-order valence-corrected chi connectivity index (χ3v) is 7.81. The zero-order valence-corrected chi connectivity index (χ0v) is 17.3. The first-order chi connectivity index (χ1) is 14.5. The highest BCUT2D eigenvalue weighted by atomic mass is 32.2. The number of hydrogen-bond donors (Lipinski definition) is 2. The molecule has 9 heteroatoms. The van der Waals surface area contributed by atoms with E-state index in [2.05, 4.69) is 4.98 Å². The normalized spacial score (nSPS) is 22.7. The van der Waals surface area contributed by atoms with Gasteiger partial charge in [0, 0.05) is 10.8 Å². The van der Waals surface area contributed by atoms with Crippen molar-refractivity contribution in [3.8, 4) is 11.5 Å². The van der Waals surface area contributed by atoms with Gasteiger partial charge >= 0.3 is 4.87 Å². The summed E-state index contributed by atoms with van der Waals surface area (Å²) in [5.74, 6) is -0.958. The second kappa shape index (κ2) is 7.03. The molecule has 2 aromatic carbocycles. The average molecular weight is 441 g/mol. The van der Waals surface area contributed by atoms with E-state index in [0.29, 0.717) is 16.5 Å². The number of aromatic amines is 1. The SMILES string of the molecule is COc1ccc(N2C(=O)C3Sc4[nH]c(=O)sc4[C@H](c4ccc(O)cc4)C3C2=O)cc1. The number of imide groups is 1. The van der Waals surface area contributed by atoms with Crippen LogP contribution in [0, 0.1) is 5.92 Å². The van der Waals surface area contributed by atoms with E-state index in [9.17, 15) is 19.5 Å². The van der Waals surface area contributed by atoms with Crippen molar-refractivity contribution in [1.29, 1.82) is 0 Å². The molecule has 2 amide bonds. The summed E-state index contributed by atoms with van der Waals surface area (Å²) >= 11 is 2.30. The number of nitrogens with one attached hydrogen (secondary N) is 1. The van der Waals surface area contributed by atoms with E-state index in [4.69, 9.17) is 4.74 Å². The number of H-pyrrole nitrogens is 1. The molecule has 1 saturated heterocycles. The van der Waals surface area contributed by atoms with Crippen molar-refractivity contribution in [3.63, 3.8) is 0 Å². The number of aromatic hydroxyl groups is 1. The minimum atomic E-state index is -0.645. The predicted molar refractivity (Wildman–Crippen MR) is 114 cm³/mol. The lowest BCUT2D eigenvalue weighted by Gasteiger charge is -2.29. The number of carbonyl (C=O) groups is 2. The van der Waals surface area contributed by atoms with E-state index < -0.39 is 17.1 Å². The third kappa shape index (κ3) is 2.85.